The van der Waals surface area contributed by atoms with Crippen molar-refractivity contribution >= 4 is 23.8 Å². The summed E-state index contributed by atoms with van der Waals surface area (Å²) in [6, 6.07) is 4.77. The van der Waals surface area contributed by atoms with Crippen molar-refractivity contribution in [1.29, 1.82) is 0 Å². The van der Waals surface area contributed by atoms with Crippen molar-refractivity contribution in [3.63, 3.8) is 0 Å². The summed E-state index contributed by atoms with van der Waals surface area (Å²) in [5, 5.41) is 15.3. The number of nitrogens with zero attached hydrogens (tertiary/aromatic N) is 7. The number of carbonyl (C=O) groups excluding carboxylic acids is 4. The molecule has 2 saturated heterocycles. The Morgan fingerprint density at radius 3 is 2.67 bits per heavy atom. The average Bonchev–Trinajstić information content (AvgIpc) is 3.56. The maximum atomic E-state index is 13.0. The van der Waals surface area contributed by atoms with Gasteiger partial charge in [0.1, 0.15) is 17.3 Å². The fourth-order valence-corrected chi connectivity index (χ4v) is 4.99. The molecule has 0 saturated carbocycles. The summed E-state index contributed by atoms with van der Waals surface area (Å²) in [6.45, 7) is 6.85. The lowest BCUT2D eigenvalue weighted by Crippen LogP contribution is -2.52. The van der Waals surface area contributed by atoms with Crippen LogP contribution in [0.1, 0.15) is 55.6 Å². The van der Waals surface area contributed by atoms with E-state index < -0.39 is 17.6 Å². The minimum Gasteiger partial charge on any atom is -0.444 e. The van der Waals surface area contributed by atoms with Crippen LogP contribution >= 0.6 is 0 Å². The molecule has 1 aromatic carbocycles. The van der Waals surface area contributed by atoms with E-state index in [1.807, 2.05) is 37.7 Å². The van der Waals surface area contributed by atoms with Gasteiger partial charge in [0.05, 0.1) is 24.1 Å². The van der Waals surface area contributed by atoms with Gasteiger partial charge in [-0.2, -0.15) is 5.10 Å². The normalized spacial score (nSPS) is 19.7. The van der Waals surface area contributed by atoms with E-state index in [9.17, 15) is 19.2 Å². The van der Waals surface area contributed by atoms with Crippen LogP contribution in [0.4, 0.5) is 4.79 Å². The number of ether oxygens (including phenoxy) is 1. The number of imide groups is 1. The van der Waals surface area contributed by atoms with Crippen LogP contribution in [0.15, 0.2) is 36.8 Å². The predicted octanol–water partition coefficient (Wildman–Crippen LogP) is 1.68. The zero-order chi connectivity index (χ0) is 27.5. The Balaban J connectivity index is 1.12. The highest BCUT2D eigenvalue weighted by Gasteiger charge is 2.39. The molecule has 4 amide bonds. The molecule has 0 bridgehead atoms. The number of aromatic nitrogens is 5. The SMILES string of the molecule is CC(C)(C)OC(=O)N1CC(n2cc(-c3cn(-c4ccc5c(c4)CN(C4CCC(=O)NC4=O)C5=O)nn3)cn2)C1. The zero-order valence-corrected chi connectivity index (χ0v) is 21.8. The van der Waals surface area contributed by atoms with Gasteiger partial charge < -0.3 is 14.5 Å². The molecule has 0 radical (unpaired) electrons. The van der Waals surface area contributed by atoms with Crippen molar-refractivity contribution in [2.24, 2.45) is 0 Å². The van der Waals surface area contributed by atoms with Gasteiger partial charge in [0.2, 0.25) is 11.8 Å². The third kappa shape index (κ3) is 4.64. The van der Waals surface area contributed by atoms with E-state index in [4.69, 9.17) is 4.74 Å². The smallest absolute Gasteiger partial charge is 0.410 e. The first kappa shape index (κ1) is 24.8. The molecule has 1 N–H and O–H groups in total. The van der Waals surface area contributed by atoms with E-state index in [2.05, 4.69) is 20.7 Å². The van der Waals surface area contributed by atoms with E-state index >= 15 is 0 Å². The lowest BCUT2D eigenvalue weighted by Gasteiger charge is -2.39. The maximum Gasteiger partial charge on any atom is 0.410 e. The number of amides is 4. The van der Waals surface area contributed by atoms with Gasteiger partial charge in [-0.15, -0.1) is 5.10 Å². The zero-order valence-electron chi connectivity index (χ0n) is 21.8. The molecule has 202 valence electrons. The highest BCUT2D eigenvalue weighted by Crippen LogP contribution is 2.30. The fraction of sp³-hybridized carbons (Fsp3) is 0.423. The van der Waals surface area contributed by atoms with Gasteiger partial charge in [0.25, 0.3) is 5.91 Å². The number of fused-ring (bicyclic) bond motifs is 1. The molecule has 3 aliphatic heterocycles. The maximum absolute atomic E-state index is 13.0. The number of benzene rings is 1. The standard InChI is InChI=1S/C26H28N8O5/c1-26(2,3)39-25(38)31-12-18(13-31)33-11-16(9-27-33)20-14-34(30-29-20)17-4-5-19-15(8-17)10-32(24(19)37)21-6-7-22(35)28-23(21)36/h4-5,8-9,11,14,18,21H,6-7,10,12-13H2,1-3H3,(H,28,35,36). The van der Waals surface area contributed by atoms with Crippen LogP contribution in [0, 0.1) is 0 Å². The number of likely N-dealkylation sites (tertiary alicyclic amines) is 1. The molecule has 13 heteroatoms. The molecule has 39 heavy (non-hydrogen) atoms. The predicted molar refractivity (Wildman–Crippen MR) is 135 cm³/mol. The van der Waals surface area contributed by atoms with Crippen molar-refractivity contribution in [3.8, 4) is 16.9 Å². The molecule has 1 atom stereocenters. The number of carbonyl (C=O) groups is 4. The minimum atomic E-state index is -0.660. The van der Waals surface area contributed by atoms with Crippen molar-refractivity contribution in [3.05, 3.63) is 47.9 Å². The van der Waals surface area contributed by atoms with Crippen molar-refractivity contribution in [1.82, 2.24) is 39.9 Å². The molecule has 3 aliphatic rings. The number of rotatable bonds is 4. The van der Waals surface area contributed by atoms with Gasteiger partial charge in [-0.25, -0.2) is 9.48 Å². The Kier molecular flexibility index (Phi) is 5.74. The van der Waals surface area contributed by atoms with Gasteiger partial charge >= 0.3 is 6.09 Å². The number of nitrogens with one attached hydrogen (secondary N) is 1. The monoisotopic (exact) mass is 532 g/mol. The lowest BCUT2D eigenvalue weighted by molar-refractivity contribution is -0.136. The second kappa shape index (κ2) is 9.03. The molecule has 13 nitrogen and oxygen atoms in total. The second-order valence-electron chi connectivity index (χ2n) is 11.0. The first-order valence-corrected chi connectivity index (χ1v) is 12.8. The molecular weight excluding hydrogens is 504 g/mol. The molecule has 0 spiro atoms. The van der Waals surface area contributed by atoms with Gasteiger partial charge in [-0.3, -0.25) is 24.4 Å². The summed E-state index contributed by atoms with van der Waals surface area (Å²) in [5.41, 5.74) is 2.93. The average molecular weight is 533 g/mol. The Morgan fingerprint density at radius 1 is 1.13 bits per heavy atom. The Labute approximate surface area is 223 Å². The highest BCUT2D eigenvalue weighted by molar-refractivity contribution is 6.05. The van der Waals surface area contributed by atoms with Crippen molar-refractivity contribution < 1.29 is 23.9 Å². The Morgan fingerprint density at radius 2 is 1.92 bits per heavy atom. The molecular formula is C26H28N8O5. The third-order valence-electron chi connectivity index (χ3n) is 7.05. The van der Waals surface area contributed by atoms with Gasteiger partial charge in [0, 0.05) is 43.4 Å². The van der Waals surface area contributed by atoms with Gasteiger partial charge in [-0.05, 0) is 51.0 Å². The number of piperidine rings is 1. The molecule has 0 aliphatic carbocycles. The van der Waals surface area contributed by atoms with E-state index in [0.717, 1.165) is 16.8 Å². The van der Waals surface area contributed by atoms with E-state index in [0.29, 0.717) is 30.8 Å². The van der Waals surface area contributed by atoms with Gasteiger partial charge in [0.15, 0.2) is 0 Å². The number of hydrogen-bond acceptors (Lipinski definition) is 8. The van der Waals surface area contributed by atoms with Crippen LogP contribution in [0.5, 0.6) is 0 Å². The summed E-state index contributed by atoms with van der Waals surface area (Å²) >= 11 is 0. The minimum absolute atomic E-state index is 0.0582. The van der Waals surface area contributed by atoms with Crippen LogP contribution in [-0.2, 0) is 20.9 Å². The topological polar surface area (TPSA) is 145 Å². The molecule has 1 unspecified atom stereocenters. The highest BCUT2D eigenvalue weighted by atomic mass is 16.6. The largest absolute Gasteiger partial charge is 0.444 e. The van der Waals surface area contributed by atoms with Gasteiger partial charge in [-0.1, -0.05) is 5.21 Å². The molecule has 6 rings (SSSR count). The Bertz CT molecular complexity index is 1500. The molecule has 2 aromatic heterocycles. The first-order chi connectivity index (χ1) is 18.6. The lowest BCUT2D eigenvalue weighted by atomic mass is 10.0. The van der Waals surface area contributed by atoms with E-state index in [1.54, 1.807) is 34.1 Å². The number of hydrogen-bond donors (Lipinski definition) is 1. The van der Waals surface area contributed by atoms with Crippen molar-refractivity contribution in [2.45, 2.75) is 57.8 Å². The van der Waals surface area contributed by atoms with Crippen molar-refractivity contribution in [2.75, 3.05) is 13.1 Å². The molecule has 5 heterocycles. The summed E-state index contributed by atoms with van der Waals surface area (Å²) in [5.74, 6) is -0.974. The van der Waals surface area contributed by atoms with Crippen LogP contribution in [-0.4, -0.2) is 83.1 Å². The third-order valence-corrected chi connectivity index (χ3v) is 7.05. The second-order valence-corrected chi connectivity index (χ2v) is 11.0. The summed E-state index contributed by atoms with van der Waals surface area (Å²) in [6.07, 6.45) is 5.57. The van der Waals surface area contributed by atoms with E-state index in [-0.39, 0.29) is 36.9 Å². The molecule has 3 aromatic rings. The van der Waals surface area contributed by atoms with Crippen LogP contribution in [0.3, 0.4) is 0 Å². The summed E-state index contributed by atoms with van der Waals surface area (Å²) in [7, 11) is 0. The first-order valence-electron chi connectivity index (χ1n) is 12.8. The van der Waals surface area contributed by atoms with Crippen LogP contribution in [0.2, 0.25) is 0 Å². The Hall–Kier alpha value is -4.55. The molecule has 2 fully saturated rings. The summed E-state index contributed by atoms with van der Waals surface area (Å²) in [4.78, 5) is 52.1. The fourth-order valence-electron chi connectivity index (χ4n) is 4.99. The van der Waals surface area contributed by atoms with Crippen LogP contribution in [0.25, 0.3) is 16.9 Å². The van der Waals surface area contributed by atoms with E-state index in [1.165, 1.54) is 4.90 Å². The van der Waals surface area contributed by atoms with Crippen LogP contribution < -0.4 is 5.32 Å². The summed E-state index contributed by atoms with van der Waals surface area (Å²) < 4.78 is 8.85. The quantitative estimate of drug-likeness (QED) is 0.500.